The molecular weight excluding hydrogens is 372 g/mol. The third kappa shape index (κ3) is 3.75. The first-order valence-electron chi connectivity index (χ1n) is 9.66. The van der Waals surface area contributed by atoms with Crippen LogP contribution in [-0.4, -0.2) is 45.6 Å². The number of thiocarbonyl (C=S) groups is 1. The molecule has 2 aliphatic rings. The minimum Gasteiger partial charge on any atom is -0.289 e. The van der Waals surface area contributed by atoms with Gasteiger partial charge in [-0.25, -0.2) is 0 Å². The van der Waals surface area contributed by atoms with E-state index in [0.717, 1.165) is 0 Å². The standard InChI is InChI=1S/C22H30N2O3S/c1-9-23-18(26)16(19(27)24(10-2)20(23)28)13-11-14(21(3,4)5)17(25)15(12-13)22(6,7)8/h11-12H,9-10H2,1-8H3. The van der Waals surface area contributed by atoms with Crippen LogP contribution in [0.25, 0.3) is 0 Å². The summed E-state index contributed by atoms with van der Waals surface area (Å²) in [6, 6.07) is 0. The van der Waals surface area contributed by atoms with Gasteiger partial charge in [-0.3, -0.25) is 24.2 Å². The van der Waals surface area contributed by atoms with Crippen molar-refractivity contribution in [3.8, 4) is 0 Å². The van der Waals surface area contributed by atoms with E-state index >= 15 is 0 Å². The summed E-state index contributed by atoms with van der Waals surface area (Å²) in [5.74, 6) is -0.837. The topological polar surface area (TPSA) is 57.7 Å². The Morgan fingerprint density at radius 3 is 1.43 bits per heavy atom. The minimum absolute atomic E-state index is 0.0322. The van der Waals surface area contributed by atoms with Crippen molar-refractivity contribution in [2.45, 2.75) is 55.4 Å². The van der Waals surface area contributed by atoms with Crippen LogP contribution < -0.4 is 0 Å². The van der Waals surface area contributed by atoms with Gasteiger partial charge in [0.2, 0.25) is 0 Å². The van der Waals surface area contributed by atoms with Crippen LogP contribution in [0, 0.1) is 10.8 Å². The first kappa shape index (κ1) is 22.2. The average Bonchev–Trinajstić information content (AvgIpc) is 2.54. The summed E-state index contributed by atoms with van der Waals surface area (Å²) < 4.78 is 0. The molecule has 0 unspecified atom stereocenters. The number of rotatable bonds is 2. The number of amides is 2. The molecule has 0 N–H and O–H groups in total. The molecular formula is C22H30N2O3S. The van der Waals surface area contributed by atoms with Crippen LogP contribution in [0.1, 0.15) is 55.4 Å². The fourth-order valence-electron chi connectivity index (χ4n) is 3.37. The second-order valence-corrected chi connectivity index (χ2v) is 9.52. The number of ketones is 1. The van der Waals surface area contributed by atoms with E-state index in [1.54, 1.807) is 12.2 Å². The zero-order valence-electron chi connectivity index (χ0n) is 18.1. The van der Waals surface area contributed by atoms with Gasteiger partial charge in [-0.05, 0) is 54.6 Å². The summed E-state index contributed by atoms with van der Waals surface area (Å²) in [4.78, 5) is 42.3. The molecule has 1 aliphatic heterocycles. The molecule has 0 radical (unpaired) electrons. The predicted molar refractivity (Wildman–Crippen MR) is 114 cm³/mol. The van der Waals surface area contributed by atoms with Gasteiger partial charge in [0.25, 0.3) is 11.8 Å². The first-order chi connectivity index (χ1) is 12.8. The maximum Gasteiger partial charge on any atom is 0.266 e. The average molecular weight is 403 g/mol. The second kappa shape index (κ2) is 7.39. The second-order valence-electron chi connectivity index (χ2n) is 9.16. The van der Waals surface area contributed by atoms with Gasteiger partial charge in [-0.1, -0.05) is 41.5 Å². The Labute approximate surface area is 173 Å². The van der Waals surface area contributed by atoms with Gasteiger partial charge >= 0.3 is 0 Å². The van der Waals surface area contributed by atoms with Crippen molar-refractivity contribution in [3.63, 3.8) is 0 Å². The number of likely N-dealkylation sites (N-methyl/N-ethyl adjacent to an activating group) is 2. The van der Waals surface area contributed by atoms with Crippen LogP contribution in [-0.2, 0) is 14.4 Å². The summed E-state index contributed by atoms with van der Waals surface area (Å²) >= 11 is 5.34. The Balaban J connectivity index is 2.83. The van der Waals surface area contributed by atoms with E-state index in [2.05, 4.69) is 0 Å². The van der Waals surface area contributed by atoms with Gasteiger partial charge in [0.05, 0.1) is 0 Å². The molecule has 152 valence electrons. The Morgan fingerprint density at radius 1 is 0.786 bits per heavy atom. The maximum absolute atomic E-state index is 13.1. The van der Waals surface area contributed by atoms with Gasteiger partial charge < -0.3 is 0 Å². The van der Waals surface area contributed by atoms with E-state index < -0.39 is 22.6 Å². The van der Waals surface area contributed by atoms with Crippen LogP contribution in [0.15, 0.2) is 34.4 Å². The third-order valence-corrected chi connectivity index (χ3v) is 5.45. The highest BCUT2D eigenvalue weighted by molar-refractivity contribution is 7.80. The maximum atomic E-state index is 13.1. The van der Waals surface area contributed by atoms with Crippen LogP contribution in [0.2, 0.25) is 0 Å². The smallest absolute Gasteiger partial charge is 0.266 e. The highest BCUT2D eigenvalue weighted by Crippen LogP contribution is 2.40. The van der Waals surface area contributed by atoms with Crippen molar-refractivity contribution in [2.24, 2.45) is 10.8 Å². The summed E-state index contributed by atoms with van der Waals surface area (Å²) in [5, 5.41) is 0.233. The van der Waals surface area contributed by atoms with Gasteiger partial charge in [0.15, 0.2) is 10.9 Å². The van der Waals surface area contributed by atoms with Crippen molar-refractivity contribution in [3.05, 3.63) is 34.4 Å². The molecule has 2 rings (SSSR count). The van der Waals surface area contributed by atoms with Crippen LogP contribution in [0.4, 0.5) is 0 Å². The molecule has 0 bridgehead atoms. The molecule has 0 aromatic rings. The van der Waals surface area contributed by atoms with Crippen molar-refractivity contribution < 1.29 is 14.4 Å². The Hall–Kier alpha value is -2.08. The molecule has 1 heterocycles. The van der Waals surface area contributed by atoms with Crippen LogP contribution in [0.5, 0.6) is 0 Å². The van der Waals surface area contributed by atoms with Gasteiger partial charge in [-0.15, -0.1) is 0 Å². The Morgan fingerprint density at radius 2 is 1.14 bits per heavy atom. The van der Waals surface area contributed by atoms with Gasteiger partial charge in [0.1, 0.15) is 5.57 Å². The zero-order valence-corrected chi connectivity index (χ0v) is 18.9. The highest BCUT2D eigenvalue weighted by Gasteiger charge is 2.41. The normalized spacial score (nSPS) is 19.4. The zero-order chi connectivity index (χ0) is 21.6. The SMILES string of the molecule is CCN1C(=O)C(=C2C=C(C(C)(C)C)C(=O)C(C(C)(C)C)=C2)C(=O)N(CC)C1=S. The molecule has 0 saturated carbocycles. The number of carbonyl (C=O) groups is 3. The number of hydrogen-bond acceptors (Lipinski definition) is 4. The largest absolute Gasteiger partial charge is 0.289 e. The number of Topliss-reactive ketones (excluding diaryl/α,β-unsaturated/α-hetero) is 1. The third-order valence-electron chi connectivity index (χ3n) is 5.01. The molecule has 1 aliphatic carbocycles. The Kier molecular flexibility index (Phi) is 5.86. The van der Waals surface area contributed by atoms with E-state index in [4.69, 9.17) is 12.2 Å². The lowest BCUT2D eigenvalue weighted by molar-refractivity contribution is -0.133. The molecule has 0 aromatic carbocycles. The summed E-state index contributed by atoms with van der Waals surface area (Å²) in [5.41, 5.74) is 0.929. The molecule has 0 aromatic heterocycles. The van der Waals surface area contributed by atoms with E-state index in [9.17, 15) is 14.4 Å². The van der Waals surface area contributed by atoms with Crippen molar-refractivity contribution in [1.29, 1.82) is 0 Å². The number of carbonyl (C=O) groups excluding carboxylic acids is 3. The summed E-state index contributed by atoms with van der Waals surface area (Å²) in [6.07, 6.45) is 3.41. The number of allylic oxidation sites excluding steroid dienone is 5. The molecule has 0 spiro atoms. The van der Waals surface area contributed by atoms with E-state index in [1.165, 1.54) is 9.80 Å². The van der Waals surface area contributed by atoms with E-state index in [-0.39, 0.29) is 16.5 Å². The molecule has 28 heavy (non-hydrogen) atoms. The molecule has 1 saturated heterocycles. The fourth-order valence-corrected chi connectivity index (χ4v) is 3.80. The van der Waals surface area contributed by atoms with Crippen molar-refractivity contribution in [2.75, 3.05) is 13.1 Å². The highest BCUT2D eigenvalue weighted by atomic mass is 32.1. The van der Waals surface area contributed by atoms with Crippen LogP contribution >= 0.6 is 12.2 Å². The van der Waals surface area contributed by atoms with Crippen molar-refractivity contribution in [1.82, 2.24) is 9.80 Å². The van der Waals surface area contributed by atoms with E-state index in [1.807, 2.05) is 55.4 Å². The lowest BCUT2D eigenvalue weighted by Gasteiger charge is -2.37. The lowest BCUT2D eigenvalue weighted by Crippen LogP contribution is -2.56. The van der Waals surface area contributed by atoms with Gasteiger partial charge in [-0.2, -0.15) is 0 Å². The molecule has 2 amide bonds. The van der Waals surface area contributed by atoms with E-state index in [0.29, 0.717) is 29.8 Å². The predicted octanol–water partition coefficient (Wildman–Crippen LogP) is 3.81. The quantitative estimate of drug-likeness (QED) is 0.400. The summed E-state index contributed by atoms with van der Waals surface area (Å²) in [7, 11) is 0. The molecule has 0 atom stereocenters. The number of nitrogens with zero attached hydrogens (tertiary/aromatic N) is 2. The molecule has 6 heteroatoms. The lowest BCUT2D eigenvalue weighted by atomic mass is 9.71. The Bertz CT molecular complexity index is 784. The monoisotopic (exact) mass is 402 g/mol. The summed E-state index contributed by atoms with van der Waals surface area (Å²) in [6.45, 7) is 16.2. The van der Waals surface area contributed by atoms with Crippen LogP contribution in [0.3, 0.4) is 0 Å². The fraction of sp³-hybridized carbons (Fsp3) is 0.545. The molecule has 5 nitrogen and oxygen atoms in total. The molecule has 1 fully saturated rings. The first-order valence-corrected chi connectivity index (χ1v) is 10.1. The van der Waals surface area contributed by atoms with Crippen molar-refractivity contribution >= 4 is 34.9 Å². The number of hydrogen-bond donors (Lipinski definition) is 0. The minimum atomic E-state index is -0.418. The van der Waals surface area contributed by atoms with Gasteiger partial charge in [0, 0.05) is 24.2 Å².